The first-order valence-electron chi connectivity index (χ1n) is 8.39. The third kappa shape index (κ3) is 4.79. The molecule has 0 amide bonds. The van der Waals surface area contributed by atoms with E-state index in [-0.39, 0.29) is 12.7 Å². The summed E-state index contributed by atoms with van der Waals surface area (Å²) in [7, 11) is 1.95. The van der Waals surface area contributed by atoms with E-state index in [4.69, 9.17) is 9.26 Å². The fraction of sp³-hybridized carbons (Fsp3) is 0.556. The molecule has 1 unspecified atom stereocenters. The molecule has 3 rings (SSSR count). The van der Waals surface area contributed by atoms with Crippen molar-refractivity contribution in [3.8, 4) is 5.75 Å². The Bertz CT molecular complexity index is 662. The van der Waals surface area contributed by atoms with Crippen molar-refractivity contribution in [2.24, 2.45) is 5.92 Å². The first kappa shape index (κ1) is 16.9. The summed E-state index contributed by atoms with van der Waals surface area (Å²) in [6.07, 6.45) is 2.01. The van der Waals surface area contributed by atoms with Crippen molar-refractivity contribution < 1.29 is 14.4 Å². The van der Waals surface area contributed by atoms with Crippen LogP contribution < -0.4 is 4.74 Å². The predicted molar refractivity (Wildman–Crippen MR) is 89.6 cm³/mol. The van der Waals surface area contributed by atoms with Crippen LogP contribution in [-0.4, -0.2) is 39.8 Å². The first-order valence-corrected chi connectivity index (χ1v) is 8.39. The Morgan fingerprint density at radius 2 is 2.00 bits per heavy atom. The Kier molecular flexibility index (Phi) is 5.16. The molecule has 6 heteroatoms. The van der Waals surface area contributed by atoms with Crippen LogP contribution in [0.2, 0.25) is 0 Å². The molecule has 0 radical (unpaired) electrons. The van der Waals surface area contributed by atoms with Crippen molar-refractivity contribution in [3.63, 3.8) is 0 Å². The summed E-state index contributed by atoms with van der Waals surface area (Å²) in [4.78, 5) is 6.36. The largest absolute Gasteiger partial charge is 0.485 e. The monoisotopic (exact) mass is 331 g/mol. The summed E-state index contributed by atoms with van der Waals surface area (Å²) in [6, 6.07) is 6.08. The third-order valence-corrected chi connectivity index (χ3v) is 4.14. The van der Waals surface area contributed by atoms with E-state index in [1.165, 1.54) is 0 Å². The number of nitrogens with zero attached hydrogens (tertiary/aromatic N) is 3. The second kappa shape index (κ2) is 7.32. The van der Waals surface area contributed by atoms with Crippen LogP contribution >= 0.6 is 0 Å². The van der Waals surface area contributed by atoms with Gasteiger partial charge in [-0.2, -0.15) is 4.98 Å². The highest BCUT2D eigenvalue weighted by atomic mass is 16.5. The number of aliphatic hydroxyl groups is 1. The molecule has 0 bridgehead atoms. The van der Waals surface area contributed by atoms with Crippen molar-refractivity contribution in [1.29, 1.82) is 0 Å². The average Bonchev–Trinajstić information content (AvgIpc) is 3.26. The molecule has 1 fully saturated rings. The highest BCUT2D eigenvalue weighted by Crippen LogP contribution is 2.32. The van der Waals surface area contributed by atoms with Crippen LogP contribution in [0.1, 0.15) is 35.7 Å². The lowest BCUT2D eigenvalue weighted by atomic mass is 10.1. The fourth-order valence-corrected chi connectivity index (χ4v) is 2.82. The maximum atomic E-state index is 9.97. The van der Waals surface area contributed by atoms with Crippen LogP contribution in [0.25, 0.3) is 0 Å². The van der Waals surface area contributed by atoms with Crippen LogP contribution in [0.15, 0.2) is 22.7 Å². The molecule has 2 aromatic rings. The van der Waals surface area contributed by atoms with Gasteiger partial charge in [0, 0.05) is 6.54 Å². The minimum Gasteiger partial charge on any atom is -0.485 e. The van der Waals surface area contributed by atoms with E-state index in [0.717, 1.165) is 29.7 Å². The van der Waals surface area contributed by atoms with Gasteiger partial charge in [0.25, 0.3) is 0 Å². The zero-order chi connectivity index (χ0) is 17.1. The van der Waals surface area contributed by atoms with Gasteiger partial charge in [-0.3, -0.25) is 4.90 Å². The van der Waals surface area contributed by atoms with Crippen molar-refractivity contribution in [2.75, 3.05) is 13.6 Å². The van der Waals surface area contributed by atoms with Gasteiger partial charge in [0.2, 0.25) is 11.7 Å². The minimum absolute atomic E-state index is 0.259. The molecule has 1 aliphatic rings. The molecular formula is C18H25N3O3. The van der Waals surface area contributed by atoms with E-state index in [9.17, 15) is 5.11 Å². The quantitative estimate of drug-likeness (QED) is 0.801. The Morgan fingerprint density at radius 3 is 2.67 bits per heavy atom. The van der Waals surface area contributed by atoms with Crippen molar-refractivity contribution in [1.82, 2.24) is 15.0 Å². The van der Waals surface area contributed by atoms with Crippen LogP contribution in [0.5, 0.6) is 5.75 Å². The summed E-state index contributed by atoms with van der Waals surface area (Å²) >= 11 is 0. The van der Waals surface area contributed by atoms with Crippen LogP contribution in [0, 0.1) is 19.8 Å². The Labute approximate surface area is 142 Å². The first-order chi connectivity index (χ1) is 11.5. The molecule has 1 aromatic carbocycles. The van der Waals surface area contributed by atoms with Gasteiger partial charge in [-0.05, 0) is 62.9 Å². The van der Waals surface area contributed by atoms with Gasteiger partial charge in [-0.15, -0.1) is 0 Å². The lowest BCUT2D eigenvalue weighted by molar-refractivity contribution is 0.0992. The summed E-state index contributed by atoms with van der Waals surface area (Å²) in [6.45, 7) is 5.51. The summed E-state index contributed by atoms with van der Waals surface area (Å²) in [5.74, 6) is 2.35. The molecule has 1 aliphatic carbocycles. The molecule has 1 N–H and O–H groups in total. The van der Waals surface area contributed by atoms with E-state index in [2.05, 4.69) is 16.2 Å². The van der Waals surface area contributed by atoms with Crippen molar-refractivity contribution >= 4 is 0 Å². The highest BCUT2D eigenvalue weighted by Gasteiger charge is 2.30. The zero-order valence-corrected chi connectivity index (χ0v) is 14.5. The van der Waals surface area contributed by atoms with Gasteiger partial charge in [-0.1, -0.05) is 11.2 Å². The molecule has 1 atom stereocenters. The van der Waals surface area contributed by atoms with Gasteiger partial charge >= 0.3 is 0 Å². The van der Waals surface area contributed by atoms with Gasteiger partial charge < -0.3 is 14.4 Å². The minimum atomic E-state index is -0.259. The number of hydrogen-bond acceptors (Lipinski definition) is 6. The highest BCUT2D eigenvalue weighted by molar-refractivity contribution is 5.32. The van der Waals surface area contributed by atoms with Crippen LogP contribution in [0.4, 0.5) is 0 Å². The Balaban J connectivity index is 1.49. The molecule has 6 nitrogen and oxygen atoms in total. The summed E-state index contributed by atoms with van der Waals surface area (Å²) in [5, 5.41) is 13.9. The smallest absolute Gasteiger partial charge is 0.240 e. The number of ether oxygens (including phenoxy) is 1. The molecule has 0 aliphatic heterocycles. The standard InChI is InChI=1S/C18H25N3O3/c1-12-6-13(2)8-15(7-12)23-11-17-19-18(24-20-17)10-21(3)9-16(22)14-4-5-14/h6-8,14,16,22H,4-5,9-11H2,1-3H3. The molecule has 0 spiro atoms. The molecule has 0 saturated heterocycles. The van der Waals surface area contributed by atoms with E-state index in [0.29, 0.717) is 30.7 Å². The van der Waals surface area contributed by atoms with E-state index in [1.54, 1.807) is 0 Å². The number of aryl methyl sites for hydroxylation is 2. The lowest BCUT2D eigenvalue weighted by Crippen LogP contribution is -2.30. The maximum absolute atomic E-state index is 9.97. The average molecular weight is 331 g/mol. The SMILES string of the molecule is Cc1cc(C)cc(OCc2noc(CN(C)CC(O)C3CC3)n2)c1. The molecule has 1 heterocycles. The zero-order valence-electron chi connectivity index (χ0n) is 14.5. The van der Waals surface area contributed by atoms with Gasteiger partial charge in [0.15, 0.2) is 6.61 Å². The summed E-state index contributed by atoms with van der Waals surface area (Å²) in [5.41, 5.74) is 2.32. The number of hydrogen-bond donors (Lipinski definition) is 1. The van der Waals surface area contributed by atoms with E-state index < -0.39 is 0 Å². The predicted octanol–water partition coefficient (Wildman–Crippen LogP) is 2.47. The molecule has 1 saturated carbocycles. The maximum Gasteiger partial charge on any atom is 0.240 e. The normalized spacial score (nSPS) is 15.7. The van der Waals surface area contributed by atoms with E-state index >= 15 is 0 Å². The third-order valence-electron chi connectivity index (χ3n) is 4.14. The van der Waals surface area contributed by atoms with Gasteiger partial charge in [0.05, 0.1) is 12.6 Å². The van der Waals surface area contributed by atoms with Crippen molar-refractivity contribution in [2.45, 2.75) is 45.9 Å². The topological polar surface area (TPSA) is 71.6 Å². The number of benzene rings is 1. The van der Waals surface area contributed by atoms with Crippen LogP contribution in [-0.2, 0) is 13.2 Å². The number of aromatic nitrogens is 2. The summed E-state index contributed by atoms with van der Waals surface area (Å²) < 4.78 is 11.0. The second-order valence-corrected chi connectivity index (χ2v) is 6.82. The Morgan fingerprint density at radius 1 is 1.29 bits per heavy atom. The molecule has 130 valence electrons. The van der Waals surface area contributed by atoms with Crippen molar-refractivity contribution in [3.05, 3.63) is 41.0 Å². The second-order valence-electron chi connectivity index (χ2n) is 6.82. The molecule has 24 heavy (non-hydrogen) atoms. The molecule has 1 aromatic heterocycles. The number of likely N-dealkylation sites (N-methyl/N-ethyl adjacent to an activating group) is 1. The molecular weight excluding hydrogens is 306 g/mol. The lowest BCUT2D eigenvalue weighted by Gasteiger charge is -2.18. The van der Waals surface area contributed by atoms with Crippen LogP contribution in [0.3, 0.4) is 0 Å². The Hall–Kier alpha value is -1.92. The number of rotatable bonds is 8. The number of aliphatic hydroxyl groups excluding tert-OH is 1. The van der Waals surface area contributed by atoms with Gasteiger partial charge in [0.1, 0.15) is 5.75 Å². The fourth-order valence-electron chi connectivity index (χ4n) is 2.82. The van der Waals surface area contributed by atoms with E-state index in [1.807, 2.05) is 37.9 Å². The van der Waals surface area contributed by atoms with Gasteiger partial charge in [-0.25, -0.2) is 0 Å².